The van der Waals surface area contributed by atoms with Gasteiger partial charge in [0.05, 0.1) is 0 Å². The van der Waals surface area contributed by atoms with Crippen molar-refractivity contribution >= 4 is 56.2 Å². The lowest BCUT2D eigenvalue weighted by molar-refractivity contribution is 0.332. The fraction of sp³-hybridized carbons (Fsp3) is 0.368. The van der Waals surface area contributed by atoms with Gasteiger partial charge in [0.15, 0.2) is 0 Å². The molecule has 0 saturated heterocycles. The summed E-state index contributed by atoms with van der Waals surface area (Å²) in [4.78, 5) is 2.09. The highest BCUT2D eigenvalue weighted by molar-refractivity contribution is 8.03. The SMILES string of the molecule is C#C/C(=C\C(C)=C/Cc1cc(-c2ccc3c(c2)C(C)(C)CCC3(C)C)ccc1C)c1cc(C)c2c3cc(-c4ccc5c(c4)C(C)(C)CCC5(C)C)cc(c3N)\c3c2c1SC(=C)/C=C(c1ccc2c(c1)C(C)(C)CCC2(C)C)\C=3. The lowest BCUT2D eigenvalue weighted by Gasteiger charge is -2.42. The highest BCUT2D eigenvalue weighted by Crippen LogP contribution is 2.51. The fourth-order valence-corrected chi connectivity index (χ4v) is 15.1. The molecule has 398 valence electrons. The molecule has 3 aliphatic carbocycles. The predicted octanol–water partition coefficient (Wildman–Crippen LogP) is 20.0. The minimum absolute atomic E-state index is 0.0650. The number of nitrogens with two attached hydrogens (primary N) is 1. The fourth-order valence-electron chi connectivity index (χ4n) is 14.1. The maximum atomic E-state index is 7.50. The number of hydrogen-bond donors (Lipinski definition) is 1. The molecule has 78 heavy (non-hydrogen) atoms. The van der Waals surface area contributed by atoms with Crippen LogP contribution in [0.25, 0.3) is 61.0 Å². The lowest BCUT2D eigenvalue weighted by Crippen LogP contribution is -2.33. The van der Waals surface area contributed by atoms with Gasteiger partial charge in [0.1, 0.15) is 0 Å². The Labute approximate surface area is 472 Å². The van der Waals surface area contributed by atoms with Gasteiger partial charge in [0, 0.05) is 42.8 Å². The standard InChI is InChI=1S/C76H83NS/c1-18-49(35-45(2)19-21-50-38-51(22-20-46(50)3)52-23-26-61-64(42-52)74(12,13)32-29-71(61,6)7)57-36-47(4)67-60-41-56(54-25-28-63-66(44-54)76(16,17)34-31-73(63,10)11)40-59(69(60)77)58-39-55(37-48(5)78-70(57)68(58)67)53-24-27-62-65(43-53)75(14,15)33-30-72(62,8)9/h1,19-20,22-28,35-44H,5,21,29-34,77H2,2-4,6-17H3/b45-19-,49-35+,55-37+,58-39+. The van der Waals surface area contributed by atoms with E-state index in [0.29, 0.717) is 0 Å². The van der Waals surface area contributed by atoms with Crippen LogP contribution in [0.1, 0.15) is 190 Å². The Hall–Kier alpha value is -6.27. The molecule has 0 radical (unpaired) electrons. The molecular formula is C76H83NS. The molecule has 11 rings (SSSR count). The van der Waals surface area contributed by atoms with E-state index in [1.54, 1.807) is 11.8 Å². The summed E-state index contributed by atoms with van der Waals surface area (Å²) in [6.45, 7) is 40.4. The van der Waals surface area contributed by atoms with Gasteiger partial charge in [0.2, 0.25) is 0 Å². The summed E-state index contributed by atoms with van der Waals surface area (Å²) in [6, 6.07) is 35.7. The Kier molecular flexibility index (Phi) is 12.9. The third-order valence-electron chi connectivity index (χ3n) is 19.7. The van der Waals surface area contributed by atoms with E-state index in [1.165, 1.54) is 115 Å². The van der Waals surface area contributed by atoms with E-state index in [9.17, 15) is 0 Å². The van der Waals surface area contributed by atoms with Crippen LogP contribution < -0.4 is 11.0 Å². The topological polar surface area (TPSA) is 26.0 Å². The first-order chi connectivity index (χ1) is 36.6. The molecular weight excluding hydrogens is 959 g/mol. The Bertz CT molecular complexity index is 3910. The van der Waals surface area contributed by atoms with Gasteiger partial charge in [-0.1, -0.05) is 192 Å². The number of anilines is 1. The van der Waals surface area contributed by atoms with Crippen molar-refractivity contribution in [1.29, 1.82) is 0 Å². The van der Waals surface area contributed by atoms with Crippen molar-refractivity contribution in [1.82, 2.24) is 0 Å². The molecule has 2 N–H and O–H groups in total. The van der Waals surface area contributed by atoms with E-state index in [1.807, 2.05) is 0 Å². The lowest BCUT2D eigenvalue weighted by atomic mass is 9.63. The van der Waals surface area contributed by atoms with Crippen molar-refractivity contribution in [3.63, 3.8) is 0 Å². The van der Waals surface area contributed by atoms with Gasteiger partial charge >= 0.3 is 0 Å². The molecule has 0 saturated carbocycles. The van der Waals surface area contributed by atoms with Crippen molar-refractivity contribution in [2.75, 3.05) is 5.73 Å². The second-order valence-corrected chi connectivity index (χ2v) is 29.2. The van der Waals surface area contributed by atoms with Crippen LogP contribution in [-0.4, -0.2) is 0 Å². The molecule has 1 aliphatic heterocycles. The zero-order valence-corrected chi connectivity index (χ0v) is 50.5. The van der Waals surface area contributed by atoms with Crippen LogP contribution in [0.15, 0.2) is 131 Å². The van der Waals surface area contributed by atoms with E-state index in [2.05, 4.69) is 225 Å². The summed E-state index contributed by atoms with van der Waals surface area (Å²) in [6.07, 6.45) is 23.9. The summed E-state index contributed by atoms with van der Waals surface area (Å²) in [5.41, 5.74) is 32.0. The number of allylic oxidation sites excluding steroid dienone is 6. The maximum absolute atomic E-state index is 7.50. The molecule has 0 amide bonds. The first kappa shape index (κ1) is 53.7. The minimum Gasteiger partial charge on any atom is -0.398 e. The van der Waals surface area contributed by atoms with Gasteiger partial charge in [0.25, 0.3) is 0 Å². The van der Waals surface area contributed by atoms with E-state index < -0.39 is 0 Å². The van der Waals surface area contributed by atoms with Crippen molar-refractivity contribution in [2.45, 2.75) is 186 Å². The average Bonchev–Trinajstić information content (AvgIpc) is 3.56. The first-order valence-corrected chi connectivity index (χ1v) is 29.7. The number of nitrogen functional groups attached to an aromatic ring is 1. The summed E-state index contributed by atoms with van der Waals surface area (Å²) in [5, 5.41) is 5.63. The molecule has 0 fully saturated rings. The Morgan fingerprint density at radius 3 is 1.55 bits per heavy atom. The van der Waals surface area contributed by atoms with Crippen molar-refractivity contribution in [3.8, 4) is 34.6 Å². The van der Waals surface area contributed by atoms with Crippen LogP contribution in [0, 0.1) is 26.2 Å². The number of fused-ring (bicyclic) bond motifs is 7. The molecule has 1 nitrogen and oxygen atoms in total. The van der Waals surface area contributed by atoms with Crippen LogP contribution in [0.5, 0.6) is 0 Å². The van der Waals surface area contributed by atoms with Gasteiger partial charge in [-0.25, -0.2) is 0 Å². The summed E-state index contributed by atoms with van der Waals surface area (Å²) in [5.74, 6) is 3.21. The highest BCUT2D eigenvalue weighted by Gasteiger charge is 2.40. The van der Waals surface area contributed by atoms with Crippen molar-refractivity contribution in [2.24, 2.45) is 0 Å². The third kappa shape index (κ3) is 9.15. The largest absolute Gasteiger partial charge is 0.398 e. The van der Waals surface area contributed by atoms with Crippen LogP contribution in [0.2, 0.25) is 0 Å². The summed E-state index contributed by atoms with van der Waals surface area (Å²) < 4.78 is 0. The molecule has 0 aromatic heterocycles. The molecule has 7 aromatic carbocycles. The Morgan fingerprint density at radius 2 is 1.01 bits per heavy atom. The van der Waals surface area contributed by atoms with E-state index in [0.717, 1.165) is 72.2 Å². The number of terminal acetylenes is 1. The molecule has 0 unspecified atom stereocenters. The van der Waals surface area contributed by atoms with Crippen molar-refractivity contribution in [3.05, 3.63) is 193 Å². The van der Waals surface area contributed by atoms with Gasteiger partial charge in [-0.2, -0.15) is 0 Å². The van der Waals surface area contributed by atoms with E-state index in [4.69, 9.17) is 18.7 Å². The van der Waals surface area contributed by atoms with Crippen LogP contribution in [-0.2, 0) is 38.9 Å². The smallest absolute Gasteiger partial charge is 0.0474 e. The average molecular weight is 1040 g/mol. The van der Waals surface area contributed by atoms with Crippen molar-refractivity contribution < 1.29 is 0 Å². The Balaban J connectivity index is 1.06. The number of hydrogen-bond acceptors (Lipinski definition) is 2. The third-order valence-corrected chi connectivity index (χ3v) is 20.7. The molecule has 2 bridgehead atoms. The van der Waals surface area contributed by atoms with Gasteiger partial charge in [-0.3, -0.25) is 0 Å². The van der Waals surface area contributed by atoms with Crippen LogP contribution in [0.4, 0.5) is 5.69 Å². The second kappa shape index (κ2) is 18.7. The molecule has 7 aromatic rings. The second-order valence-electron chi connectivity index (χ2n) is 28.1. The predicted molar refractivity (Wildman–Crippen MR) is 342 cm³/mol. The van der Waals surface area contributed by atoms with Gasteiger partial charge in [-0.15, -0.1) is 6.42 Å². The number of benzene rings is 7. The monoisotopic (exact) mass is 1040 g/mol. The van der Waals surface area contributed by atoms with Crippen LogP contribution >= 0.6 is 11.8 Å². The molecule has 4 aliphatic rings. The number of rotatable bonds is 7. The zero-order valence-electron chi connectivity index (χ0n) is 49.7. The molecule has 0 spiro atoms. The highest BCUT2D eigenvalue weighted by atomic mass is 32.2. The van der Waals surface area contributed by atoms with E-state index in [-0.39, 0.29) is 32.5 Å². The van der Waals surface area contributed by atoms with Gasteiger partial charge < -0.3 is 5.73 Å². The molecule has 1 heterocycles. The number of thioether (sulfide) groups is 1. The number of aryl methyl sites for hydroxylation is 2. The first-order valence-electron chi connectivity index (χ1n) is 28.9. The molecule has 0 atom stereocenters. The summed E-state index contributed by atoms with van der Waals surface area (Å²) in [7, 11) is 0. The summed E-state index contributed by atoms with van der Waals surface area (Å²) >= 11 is 1.74. The Morgan fingerprint density at radius 1 is 0.551 bits per heavy atom. The van der Waals surface area contributed by atoms with E-state index >= 15 is 0 Å². The molecule has 2 heteroatoms. The maximum Gasteiger partial charge on any atom is 0.0474 e. The van der Waals surface area contributed by atoms with Crippen LogP contribution in [0.3, 0.4) is 0 Å². The van der Waals surface area contributed by atoms with Gasteiger partial charge in [-0.05, 0) is 229 Å². The normalized spacial score (nSPS) is 20.8. The minimum atomic E-state index is 0.0650. The zero-order chi connectivity index (χ0) is 55.8. The quantitative estimate of drug-likeness (QED) is 0.0978.